The number of hydrogen-bond acceptors (Lipinski definition) is 4. The van der Waals surface area contributed by atoms with Gasteiger partial charge in [0.2, 0.25) is 0 Å². The second kappa shape index (κ2) is 8.10. The largest absolute Gasteiger partial charge is 0.340 e. The number of aryl methyl sites for hydroxylation is 1. The van der Waals surface area contributed by atoms with E-state index in [0.29, 0.717) is 5.56 Å². The van der Waals surface area contributed by atoms with Crippen molar-refractivity contribution < 1.29 is 4.79 Å². The van der Waals surface area contributed by atoms with Gasteiger partial charge in [-0.2, -0.15) is 5.10 Å². The van der Waals surface area contributed by atoms with Gasteiger partial charge in [0.25, 0.3) is 5.91 Å². The fraction of sp³-hybridized carbons (Fsp3) is 0.409. The first kappa shape index (κ1) is 18.6. The van der Waals surface area contributed by atoms with Crippen molar-refractivity contribution in [2.75, 3.05) is 33.2 Å². The maximum absolute atomic E-state index is 13.3. The molecule has 0 aliphatic carbocycles. The van der Waals surface area contributed by atoms with Gasteiger partial charge in [0.05, 0.1) is 23.0 Å². The number of rotatable bonds is 5. The van der Waals surface area contributed by atoms with Crippen LogP contribution in [0.15, 0.2) is 42.7 Å². The molecule has 0 atom stereocenters. The van der Waals surface area contributed by atoms with Gasteiger partial charge in [-0.15, -0.1) is 0 Å². The minimum absolute atomic E-state index is 0.0424. The predicted octanol–water partition coefficient (Wildman–Crippen LogP) is 3.19. The molecule has 4 rings (SSSR count). The lowest BCUT2D eigenvalue weighted by Crippen LogP contribution is -2.38. The zero-order valence-electron chi connectivity index (χ0n) is 16.6. The molecule has 1 amide bonds. The Morgan fingerprint density at radius 1 is 1.18 bits per heavy atom. The molecule has 6 nitrogen and oxygen atoms in total. The standard InChI is InChI=1S/C22H27N5O/c1-25(12-13-27-10-6-3-7-11-27)22(28)19-14-21(17-15-23-26(2)16-17)24-20-9-5-4-8-18(19)20/h4-5,8-9,14-16H,3,6-7,10-13H2,1-2H3. The van der Waals surface area contributed by atoms with Crippen LogP contribution in [0.25, 0.3) is 22.2 Å². The molecule has 0 spiro atoms. The van der Waals surface area contributed by atoms with E-state index in [2.05, 4.69) is 10.00 Å². The number of pyridine rings is 1. The first-order valence-corrected chi connectivity index (χ1v) is 9.98. The number of benzene rings is 1. The number of likely N-dealkylation sites (N-methyl/N-ethyl adjacent to an activating group) is 1. The number of para-hydroxylation sites is 1. The molecular weight excluding hydrogens is 350 g/mol. The van der Waals surface area contributed by atoms with Crippen molar-refractivity contribution in [1.29, 1.82) is 0 Å². The lowest BCUT2D eigenvalue weighted by molar-refractivity contribution is 0.0775. The van der Waals surface area contributed by atoms with E-state index in [1.54, 1.807) is 10.9 Å². The van der Waals surface area contributed by atoms with Crippen LogP contribution in [0.1, 0.15) is 29.6 Å². The summed E-state index contributed by atoms with van der Waals surface area (Å²) in [4.78, 5) is 22.3. The number of carbonyl (C=O) groups is 1. The van der Waals surface area contributed by atoms with Crippen molar-refractivity contribution in [1.82, 2.24) is 24.6 Å². The summed E-state index contributed by atoms with van der Waals surface area (Å²) in [5.41, 5.74) is 3.22. The van der Waals surface area contributed by atoms with Crippen LogP contribution in [0, 0.1) is 0 Å². The number of aromatic nitrogens is 3. The van der Waals surface area contributed by atoms with E-state index < -0.39 is 0 Å². The van der Waals surface area contributed by atoms with Gasteiger partial charge >= 0.3 is 0 Å². The minimum atomic E-state index is 0.0424. The highest BCUT2D eigenvalue weighted by atomic mass is 16.2. The van der Waals surface area contributed by atoms with Crippen molar-refractivity contribution in [3.8, 4) is 11.3 Å². The lowest BCUT2D eigenvalue weighted by Gasteiger charge is -2.28. The topological polar surface area (TPSA) is 54.3 Å². The van der Waals surface area contributed by atoms with Crippen LogP contribution in [0.5, 0.6) is 0 Å². The SMILES string of the molecule is CN(CCN1CCCCC1)C(=O)c1cc(-c2cnn(C)c2)nc2ccccc12. The normalized spacial score (nSPS) is 15.1. The fourth-order valence-electron chi connectivity index (χ4n) is 3.84. The average molecular weight is 377 g/mol. The Labute approximate surface area is 165 Å². The van der Waals surface area contributed by atoms with Crippen LogP contribution in [-0.4, -0.2) is 63.7 Å². The first-order chi connectivity index (χ1) is 13.6. The molecule has 1 saturated heterocycles. The maximum Gasteiger partial charge on any atom is 0.254 e. The van der Waals surface area contributed by atoms with Crippen molar-refractivity contribution in [3.05, 3.63) is 48.3 Å². The Morgan fingerprint density at radius 2 is 1.96 bits per heavy atom. The highest BCUT2D eigenvalue weighted by Crippen LogP contribution is 2.25. The molecule has 6 heteroatoms. The van der Waals surface area contributed by atoms with Gasteiger partial charge in [-0.05, 0) is 38.1 Å². The molecule has 1 aliphatic rings. The van der Waals surface area contributed by atoms with E-state index in [4.69, 9.17) is 4.98 Å². The fourth-order valence-corrected chi connectivity index (χ4v) is 3.84. The van der Waals surface area contributed by atoms with Crippen LogP contribution in [-0.2, 0) is 7.05 Å². The average Bonchev–Trinajstić information content (AvgIpc) is 3.17. The summed E-state index contributed by atoms with van der Waals surface area (Å²) in [6, 6.07) is 9.74. The zero-order chi connectivity index (χ0) is 19.5. The molecule has 28 heavy (non-hydrogen) atoms. The summed E-state index contributed by atoms with van der Waals surface area (Å²) in [6.45, 7) is 3.95. The molecule has 3 heterocycles. The molecule has 0 saturated carbocycles. The summed E-state index contributed by atoms with van der Waals surface area (Å²) >= 11 is 0. The summed E-state index contributed by atoms with van der Waals surface area (Å²) in [6.07, 6.45) is 7.56. The third-order valence-electron chi connectivity index (χ3n) is 5.49. The molecule has 0 unspecified atom stereocenters. The van der Waals surface area contributed by atoms with Gasteiger partial charge in [-0.25, -0.2) is 4.98 Å². The summed E-state index contributed by atoms with van der Waals surface area (Å²) < 4.78 is 1.75. The Hall–Kier alpha value is -2.73. The summed E-state index contributed by atoms with van der Waals surface area (Å²) in [7, 11) is 3.77. The van der Waals surface area contributed by atoms with E-state index in [-0.39, 0.29) is 5.91 Å². The van der Waals surface area contributed by atoms with E-state index in [1.165, 1.54) is 19.3 Å². The number of fused-ring (bicyclic) bond motifs is 1. The second-order valence-electron chi connectivity index (χ2n) is 7.60. The van der Waals surface area contributed by atoms with E-state index in [9.17, 15) is 4.79 Å². The number of piperidine rings is 1. The van der Waals surface area contributed by atoms with Crippen molar-refractivity contribution in [2.45, 2.75) is 19.3 Å². The quantitative estimate of drug-likeness (QED) is 0.685. The number of nitrogens with zero attached hydrogens (tertiary/aromatic N) is 5. The Balaban J connectivity index is 1.61. The van der Waals surface area contributed by atoms with E-state index >= 15 is 0 Å². The Bertz CT molecular complexity index is 974. The van der Waals surface area contributed by atoms with E-state index in [0.717, 1.165) is 48.3 Å². The monoisotopic (exact) mass is 377 g/mol. The third kappa shape index (κ3) is 3.92. The zero-order valence-corrected chi connectivity index (χ0v) is 16.6. The van der Waals surface area contributed by atoms with Crippen LogP contribution in [0.2, 0.25) is 0 Å². The highest BCUT2D eigenvalue weighted by molar-refractivity contribution is 6.07. The number of carbonyl (C=O) groups excluding carboxylic acids is 1. The molecule has 0 N–H and O–H groups in total. The van der Waals surface area contributed by atoms with Gasteiger partial charge in [0.15, 0.2) is 0 Å². The first-order valence-electron chi connectivity index (χ1n) is 9.98. The smallest absolute Gasteiger partial charge is 0.254 e. The minimum Gasteiger partial charge on any atom is -0.340 e. The molecule has 1 fully saturated rings. The highest BCUT2D eigenvalue weighted by Gasteiger charge is 2.19. The van der Waals surface area contributed by atoms with Gasteiger partial charge < -0.3 is 9.80 Å². The summed E-state index contributed by atoms with van der Waals surface area (Å²) in [5.74, 6) is 0.0424. The second-order valence-corrected chi connectivity index (χ2v) is 7.60. The van der Waals surface area contributed by atoms with E-state index in [1.807, 2.05) is 55.5 Å². The molecule has 2 aromatic heterocycles. The third-order valence-corrected chi connectivity index (χ3v) is 5.49. The predicted molar refractivity (Wildman–Crippen MR) is 111 cm³/mol. The Morgan fingerprint density at radius 3 is 2.71 bits per heavy atom. The van der Waals surface area contributed by atoms with Gasteiger partial charge in [0.1, 0.15) is 0 Å². The molecular formula is C22H27N5O. The van der Waals surface area contributed by atoms with Crippen LogP contribution in [0.4, 0.5) is 0 Å². The van der Waals surface area contributed by atoms with Gasteiger partial charge in [-0.3, -0.25) is 9.48 Å². The van der Waals surface area contributed by atoms with Crippen molar-refractivity contribution in [2.24, 2.45) is 7.05 Å². The van der Waals surface area contributed by atoms with Crippen LogP contribution in [0.3, 0.4) is 0 Å². The van der Waals surface area contributed by atoms with Gasteiger partial charge in [0, 0.05) is 44.3 Å². The van der Waals surface area contributed by atoms with Crippen molar-refractivity contribution in [3.63, 3.8) is 0 Å². The lowest BCUT2D eigenvalue weighted by atomic mass is 10.0. The maximum atomic E-state index is 13.3. The Kier molecular flexibility index (Phi) is 5.39. The number of likely N-dealkylation sites (tertiary alicyclic amines) is 1. The molecule has 146 valence electrons. The van der Waals surface area contributed by atoms with Crippen LogP contribution < -0.4 is 0 Å². The molecule has 1 aromatic carbocycles. The molecule has 3 aromatic rings. The van der Waals surface area contributed by atoms with Crippen LogP contribution >= 0.6 is 0 Å². The molecule has 0 radical (unpaired) electrons. The summed E-state index contributed by atoms with van der Waals surface area (Å²) in [5, 5.41) is 5.13. The molecule has 1 aliphatic heterocycles. The number of amides is 1. The molecule has 0 bridgehead atoms. The van der Waals surface area contributed by atoms with Crippen molar-refractivity contribution >= 4 is 16.8 Å². The number of hydrogen-bond donors (Lipinski definition) is 0. The van der Waals surface area contributed by atoms with Gasteiger partial charge in [-0.1, -0.05) is 24.6 Å².